The van der Waals surface area contributed by atoms with Crippen molar-refractivity contribution in [2.75, 3.05) is 44.9 Å². The highest BCUT2D eigenvalue weighted by atomic mass is 32.2. The van der Waals surface area contributed by atoms with Crippen molar-refractivity contribution in [1.29, 1.82) is 0 Å². The maximum atomic E-state index is 13.2. The Hall–Kier alpha value is -2.77. The molecule has 0 aliphatic carbocycles. The standard InChI is InChI=1S/C22H26N2O8S3/c1-33(27,28)18-7-5-16(6-8-18)21(25)23-9-4-10-24(12-11-23)22(26)17-13-19(34(2,29)30)15-20(14-17)35(3,31)32/h5-8,13-15H,4,9-12H2,1-3H3. The second-order valence-corrected chi connectivity index (χ2v) is 14.5. The predicted molar refractivity (Wildman–Crippen MR) is 129 cm³/mol. The number of nitrogens with zero attached hydrogens (tertiary/aromatic N) is 2. The second kappa shape index (κ2) is 9.70. The third kappa shape index (κ3) is 6.47. The quantitative estimate of drug-likeness (QED) is 0.542. The molecule has 10 nitrogen and oxygen atoms in total. The lowest BCUT2D eigenvalue weighted by molar-refractivity contribution is 0.0718. The second-order valence-electron chi connectivity index (χ2n) is 8.47. The van der Waals surface area contributed by atoms with Crippen molar-refractivity contribution in [2.45, 2.75) is 21.1 Å². The van der Waals surface area contributed by atoms with Crippen LogP contribution in [0.15, 0.2) is 57.2 Å². The first-order valence-corrected chi connectivity index (χ1v) is 16.2. The van der Waals surface area contributed by atoms with Gasteiger partial charge in [0.15, 0.2) is 29.5 Å². The van der Waals surface area contributed by atoms with Gasteiger partial charge in [-0.25, -0.2) is 25.3 Å². The van der Waals surface area contributed by atoms with Crippen LogP contribution in [0.25, 0.3) is 0 Å². The van der Waals surface area contributed by atoms with Crippen LogP contribution in [0.5, 0.6) is 0 Å². The molecule has 1 fully saturated rings. The molecule has 0 spiro atoms. The maximum Gasteiger partial charge on any atom is 0.254 e. The topological polar surface area (TPSA) is 143 Å². The zero-order valence-corrected chi connectivity index (χ0v) is 21.9. The molecule has 2 aromatic rings. The van der Waals surface area contributed by atoms with Crippen molar-refractivity contribution < 1.29 is 34.8 Å². The molecular weight excluding hydrogens is 516 g/mol. The summed E-state index contributed by atoms with van der Waals surface area (Å²) in [5.74, 6) is -0.843. The van der Waals surface area contributed by atoms with Gasteiger partial charge in [-0.1, -0.05) is 0 Å². The Kier molecular flexibility index (Phi) is 7.44. The van der Waals surface area contributed by atoms with Crippen molar-refractivity contribution in [3.8, 4) is 0 Å². The minimum absolute atomic E-state index is 0.0653. The van der Waals surface area contributed by atoms with Crippen LogP contribution >= 0.6 is 0 Å². The molecule has 1 heterocycles. The van der Waals surface area contributed by atoms with E-state index in [0.29, 0.717) is 18.5 Å². The average Bonchev–Trinajstić information content (AvgIpc) is 3.02. The van der Waals surface area contributed by atoms with E-state index in [9.17, 15) is 34.8 Å². The summed E-state index contributed by atoms with van der Waals surface area (Å²) in [6.45, 7) is 0.994. The molecule has 0 aromatic heterocycles. The van der Waals surface area contributed by atoms with Gasteiger partial charge in [0, 0.05) is 56.1 Å². The molecule has 2 amide bonds. The molecule has 1 saturated heterocycles. The summed E-state index contributed by atoms with van der Waals surface area (Å²) in [7, 11) is -10.9. The fraction of sp³-hybridized carbons (Fsp3) is 0.364. The van der Waals surface area contributed by atoms with Crippen molar-refractivity contribution in [3.63, 3.8) is 0 Å². The molecule has 0 atom stereocenters. The Labute approximate surface area is 205 Å². The Morgan fingerprint density at radius 2 is 0.971 bits per heavy atom. The molecule has 190 valence electrons. The summed E-state index contributed by atoms with van der Waals surface area (Å²) in [5.41, 5.74) is 0.250. The first-order chi connectivity index (χ1) is 16.1. The van der Waals surface area contributed by atoms with E-state index in [-0.39, 0.29) is 45.8 Å². The summed E-state index contributed by atoms with van der Waals surface area (Å²) in [4.78, 5) is 28.6. The number of hydrogen-bond acceptors (Lipinski definition) is 8. The highest BCUT2D eigenvalue weighted by molar-refractivity contribution is 7.91. The molecule has 0 unspecified atom stereocenters. The Morgan fingerprint density at radius 3 is 1.37 bits per heavy atom. The van der Waals surface area contributed by atoms with Crippen LogP contribution in [0.1, 0.15) is 27.1 Å². The number of carbonyl (C=O) groups is 2. The molecule has 0 N–H and O–H groups in total. The fourth-order valence-electron chi connectivity index (χ4n) is 3.66. The van der Waals surface area contributed by atoms with Gasteiger partial charge >= 0.3 is 0 Å². The van der Waals surface area contributed by atoms with Gasteiger partial charge in [0.05, 0.1) is 14.7 Å². The zero-order valence-electron chi connectivity index (χ0n) is 19.5. The number of amides is 2. The van der Waals surface area contributed by atoms with Gasteiger partial charge in [-0.15, -0.1) is 0 Å². The molecular formula is C22H26N2O8S3. The molecule has 0 saturated carbocycles. The number of sulfone groups is 3. The van der Waals surface area contributed by atoms with Crippen molar-refractivity contribution in [2.24, 2.45) is 0 Å². The van der Waals surface area contributed by atoms with Crippen LogP contribution in [-0.2, 0) is 29.5 Å². The minimum Gasteiger partial charge on any atom is -0.337 e. The van der Waals surface area contributed by atoms with E-state index in [1.165, 1.54) is 29.2 Å². The average molecular weight is 543 g/mol. The van der Waals surface area contributed by atoms with Gasteiger partial charge in [-0.3, -0.25) is 9.59 Å². The van der Waals surface area contributed by atoms with Gasteiger partial charge in [0.2, 0.25) is 0 Å². The van der Waals surface area contributed by atoms with Crippen LogP contribution in [0, 0.1) is 0 Å². The monoisotopic (exact) mass is 542 g/mol. The van der Waals surface area contributed by atoms with Crippen LogP contribution in [0.4, 0.5) is 0 Å². The van der Waals surface area contributed by atoms with Gasteiger partial charge in [0.25, 0.3) is 11.8 Å². The summed E-state index contributed by atoms with van der Waals surface area (Å²) >= 11 is 0. The molecule has 35 heavy (non-hydrogen) atoms. The lowest BCUT2D eigenvalue weighted by Gasteiger charge is -2.23. The Morgan fingerprint density at radius 1 is 0.571 bits per heavy atom. The van der Waals surface area contributed by atoms with Gasteiger partial charge < -0.3 is 9.80 Å². The van der Waals surface area contributed by atoms with Gasteiger partial charge in [-0.05, 0) is 48.9 Å². The third-order valence-corrected chi connectivity index (χ3v) is 8.90. The van der Waals surface area contributed by atoms with E-state index in [0.717, 1.165) is 37.0 Å². The van der Waals surface area contributed by atoms with E-state index in [1.807, 2.05) is 0 Å². The highest BCUT2D eigenvalue weighted by Crippen LogP contribution is 2.21. The third-order valence-electron chi connectivity index (χ3n) is 5.58. The highest BCUT2D eigenvalue weighted by Gasteiger charge is 2.26. The lowest BCUT2D eigenvalue weighted by atomic mass is 10.2. The smallest absolute Gasteiger partial charge is 0.254 e. The number of rotatable bonds is 5. The van der Waals surface area contributed by atoms with Gasteiger partial charge in [-0.2, -0.15) is 0 Å². The molecule has 2 aromatic carbocycles. The molecule has 1 aliphatic rings. The van der Waals surface area contributed by atoms with E-state index in [4.69, 9.17) is 0 Å². The normalized spacial score (nSPS) is 15.5. The summed E-state index contributed by atoms with van der Waals surface area (Å²) in [5, 5.41) is 0. The Bertz CT molecular complexity index is 1430. The zero-order chi connectivity index (χ0) is 26.2. The van der Waals surface area contributed by atoms with Crippen molar-refractivity contribution in [3.05, 3.63) is 53.6 Å². The SMILES string of the molecule is CS(=O)(=O)c1ccc(C(=O)N2CCCN(C(=O)c3cc(S(C)(=O)=O)cc(S(C)(=O)=O)c3)CC2)cc1. The Balaban J connectivity index is 1.81. The predicted octanol–water partition coefficient (Wildman–Crippen LogP) is 0.885. The van der Waals surface area contributed by atoms with Crippen LogP contribution < -0.4 is 0 Å². The van der Waals surface area contributed by atoms with E-state index in [2.05, 4.69) is 0 Å². The minimum atomic E-state index is -3.77. The van der Waals surface area contributed by atoms with Crippen LogP contribution in [-0.4, -0.2) is 91.8 Å². The summed E-state index contributed by atoms with van der Waals surface area (Å²) in [6, 6.07) is 8.95. The lowest BCUT2D eigenvalue weighted by Crippen LogP contribution is -2.37. The van der Waals surface area contributed by atoms with Gasteiger partial charge in [0.1, 0.15) is 0 Å². The van der Waals surface area contributed by atoms with Crippen molar-refractivity contribution >= 4 is 41.3 Å². The number of carbonyl (C=O) groups excluding carboxylic acids is 2. The first-order valence-electron chi connectivity index (χ1n) is 10.5. The largest absolute Gasteiger partial charge is 0.337 e. The molecule has 0 bridgehead atoms. The number of hydrogen-bond donors (Lipinski definition) is 0. The summed E-state index contributed by atoms with van der Waals surface area (Å²) in [6.07, 6.45) is 3.39. The fourth-order valence-corrected chi connectivity index (χ4v) is 5.73. The molecule has 0 radical (unpaired) electrons. The van der Waals surface area contributed by atoms with Crippen LogP contribution in [0.3, 0.4) is 0 Å². The van der Waals surface area contributed by atoms with Crippen molar-refractivity contribution in [1.82, 2.24) is 9.80 Å². The maximum absolute atomic E-state index is 13.2. The van der Waals surface area contributed by atoms with E-state index >= 15 is 0 Å². The number of benzene rings is 2. The first kappa shape index (κ1) is 26.8. The molecule has 13 heteroatoms. The van der Waals surface area contributed by atoms with Crippen LogP contribution in [0.2, 0.25) is 0 Å². The van der Waals surface area contributed by atoms with E-state index in [1.54, 1.807) is 4.90 Å². The summed E-state index contributed by atoms with van der Waals surface area (Å²) < 4.78 is 71.5. The molecule has 1 aliphatic heterocycles. The van der Waals surface area contributed by atoms with E-state index < -0.39 is 35.4 Å². The molecule has 3 rings (SSSR count).